The summed E-state index contributed by atoms with van der Waals surface area (Å²) in [5.41, 5.74) is 4.43. The number of amides is 1. The van der Waals surface area contributed by atoms with Crippen molar-refractivity contribution in [2.24, 2.45) is 0 Å². The van der Waals surface area contributed by atoms with Gasteiger partial charge in [0, 0.05) is 18.7 Å². The minimum absolute atomic E-state index is 0.176. The monoisotopic (exact) mass is 414 g/mol. The van der Waals surface area contributed by atoms with E-state index >= 15 is 0 Å². The zero-order chi connectivity index (χ0) is 21.2. The molecule has 0 saturated carbocycles. The molecule has 0 aromatic heterocycles. The molecule has 1 saturated heterocycles. The molecule has 0 aliphatic carbocycles. The molecule has 1 heterocycles. The molecule has 2 aromatic carbocycles. The third-order valence-corrected chi connectivity index (χ3v) is 7.80. The summed E-state index contributed by atoms with van der Waals surface area (Å²) in [5.74, 6) is -0.272. The van der Waals surface area contributed by atoms with Gasteiger partial charge in [-0.15, -0.1) is 0 Å². The zero-order valence-electron chi connectivity index (χ0n) is 17.7. The molecule has 1 fully saturated rings. The molecule has 5 nitrogen and oxygen atoms in total. The van der Waals surface area contributed by atoms with Gasteiger partial charge in [0.1, 0.15) is 0 Å². The summed E-state index contributed by atoms with van der Waals surface area (Å²) in [4.78, 5) is 13.1. The van der Waals surface area contributed by atoms with Crippen molar-refractivity contribution in [1.29, 1.82) is 0 Å². The summed E-state index contributed by atoms with van der Waals surface area (Å²) in [7, 11) is -3.59. The van der Waals surface area contributed by atoms with Crippen molar-refractivity contribution in [3.05, 3.63) is 64.2 Å². The SMILES string of the molecule is Cc1ccc(C(C)NC(=O)c2ccc(C)c(S(=O)(=O)N3CCCCC3)c2)cc1C. The number of hydrogen-bond acceptors (Lipinski definition) is 3. The number of hydrogen-bond donors (Lipinski definition) is 1. The fourth-order valence-corrected chi connectivity index (χ4v) is 5.43. The van der Waals surface area contributed by atoms with Gasteiger partial charge in [0.2, 0.25) is 10.0 Å². The van der Waals surface area contributed by atoms with E-state index in [-0.39, 0.29) is 16.8 Å². The quantitative estimate of drug-likeness (QED) is 0.794. The van der Waals surface area contributed by atoms with Crippen LogP contribution in [0, 0.1) is 20.8 Å². The zero-order valence-corrected chi connectivity index (χ0v) is 18.5. The Kier molecular flexibility index (Phi) is 6.44. The normalized spacial score (nSPS) is 16.4. The minimum atomic E-state index is -3.59. The Morgan fingerprint density at radius 1 is 0.931 bits per heavy atom. The lowest BCUT2D eigenvalue weighted by atomic mass is 10.0. The van der Waals surface area contributed by atoms with E-state index in [2.05, 4.69) is 18.3 Å². The number of aryl methyl sites for hydroxylation is 3. The first-order chi connectivity index (χ1) is 13.7. The summed E-state index contributed by atoms with van der Waals surface area (Å²) in [6.45, 7) is 8.89. The third kappa shape index (κ3) is 4.70. The van der Waals surface area contributed by atoms with Gasteiger partial charge < -0.3 is 5.32 Å². The summed E-state index contributed by atoms with van der Waals surface area (Å²) >= 11 is 0. The van der Waals surface area contributed by atoms with Crippen molar-refractivity contribution in [3.63, 3.8) is 0 Å². The van der Waals surface area contributed by atoms with Crippen molar-refractivity contribution in [3.8, 4) is 0 Å². The van der Waals surface area contributed by atoms with Crippen LogP contribution in [0.4, 0.5) is 0 Å². The van der Waals surface area contributed by atoms with Crippen LogP contribution in [0.2, 0.25) is 0 Å². The first-order valence-electron chi connectivity index (χ1n) is 10.2. The van der Waals surface area contributed by atoms with Gasteiger partial charge in [0.05, 0.1) is 10.9 Å². The number of nitrogens with zero attached hydrogens (tertiary/aromatic N) is 1. The Morgan fingerprint density at radius 2 is 1.59 bits per heavy atom. The van der Waals surface area contributed by atoms with E-state index in [1.807, 2.05) is 26.0 Å². The van der Waals surface area contributed by atoms with E-state index in [4.69, 9.17) is 0 Å². The lowest BCUT2D eigenvalue weighted by Gasteiger charge is -2.26. The lowest BCUT2D eigenvalue weighted by Crippen LogP contribution is -2.36. The second-order valence-electron chi connectivity index (χ2n) is 7.98. The molecule has 1 N–H and O–H groups in total. The predicted octanol–water partition coefficient (Wildman–Crippen LogP) is 4.28. The number of nitrogens with one attached hydrogen (secondary N) is 1. The predicted molar refractivity (Wildman–Crippen MR) is 116 cm³/mol. The molecule has 1 atom stereocenters. The van der Waals surface area contributed by atoms with E-state index in [1.54, 1.807) is 19.1 Å². The first-order valence-corrected chi connectivity index (χ1v) is 11.6. The Labute approximate surface area is 174 Å². The molecular formula is C23H30N2O3S. The lowest BCUT2D eigenvalue weighted by molar-refractivity contribution is 0.0939. The molecule has 0 bridgehead atoms. The van der Waals surface area contributed by atoms with Crippen LogP contribution in [-0.4, -0.2) is 31.7 Å². The summed E-state index contributed by atoms with van der Waals surface area (Å²) in [6, 6.07) is 10.9. The van der Waals surface area contributed by atoms with Crippen LogP contribution in [0.25, 0.3) is 0 Å². The smallest absolute Gasteiger partial charge is 0.251 e. The molecular weight excluding hydrogens is 384 g/mol. The van der Waals surface area contributed by atoms with Crippen LogP contribution in [0.3, 0.4) is 0 Å². The summed E-state index contributed by atoms with van der Waals surface area (Å²) in [5, 5.41) is 2.99. The topological polar surface area (TPSA) is 66.5 Å². The standard InChI is InChI=1S/C23H30N2O3S/c1-16-8-10-20(14-18(16)3)19(4)24-23(26)21-11-9-17(2)22(15-21)29(27,28)25-12-6-5-7-13-25/h8-11,14-15,19H,5-7,12-13H2,1-4H3,(H,24,26). The fraction of sp³-hybridized carbons (Fsp3) is 0.435. The molecule has 1 amide bonds. The first kappa shape index (κ1) is 21.5. The Balaban J connectivity index is 1.82. The number of carbonyl (C=O) groups is 1. The Morgan fingerprint density at radius 3 is 2.24 bits per heavy atom. The summed E-state index contributed by atoms with van der Waals surface area (Å²) < 4.78 is 27.7. The third-order valence-electron chi connectivity index (χ3n) is 5.76. The van der Waals surface area contributed by atoms with Gasteiger partial charge in [0.25, 0.3) is 5.91 Å². The fourth-order valence-electron chi connectivity index (χ4n) is 3.66. The number of carbonyl (C=O) groups excluding carboxylic acids is 1. The van der Waals surface area contributed by atoms with Gasteiger partial charge >= 0.3 is 0 Å². The van der Waals surface area contributed by atoms with Crippen molar-refractivity contribution in [1.82, 2.24) is 9.62 Å². The highest BCUT2D eigenvalue weighted by Gasteiger charge is 2.28. The van der Waals surface area contributed by atoms with Gasteiger partial charge in [-0.3, -0.25) is 4.79 Å². The summed E-state index contributed by atoms with van der Waals surface area (Å²) in [6.07, 6.45) is 2.82. The molecule has 0 radical (unpaired) electrons. The minimum Gasteiger partial charge on any atom is -0.346 e. The van der Waals surface area contributed by atoms with Crippen LogP contribution in [0.1, 0.15) is 64.8 Å². The Hall–Kier alpha value is -2.18. The highest BCUT2D eigenvalue weighted by Crippen LogP contribution is 2.25. The number of benzene rings is 2. The molecule has 2 aromatic rings. The van der Waals surface area contributed by atoms with Gasteiger partial charge in [-0.25, -0.2) is 8.42 Å². The maximum Gasteiger partial charge on any atom is 0.251 e. The molecule has 1 aliphatic rings. The largest absolute Gasteiger partial charge is 0.346 e. The van der Waals surface area contributed by atoms with Crippen LogP contribution < -0.4 is 5.32 Å². The molecule has 3 rings (SSSR count). The van der Waals surface area contributed by atoms with Crippen molar-refractivity contribution >= 4 is 15.9 Å². The van der Waals surface area contributed by atoms with E-state index in [9.17, 15) is 13.2 Å². The van der Waals surface area contributed by atoms with Crippen LogP contribution >= 0.6 is 0 Å². The van der Waals surface area contributed by atoms with E-state index in [0.717, 1.165) is 24.8 Å². The molecule has 29 heavy (non-hydrogen) atoms. The van der Waals surface area contributed by atoms with Gasteiger partial charge in [0.15, 0.2) is 0 Å². The number of rotatable bonds is 5. The maximum absolute atomic E-state index is 13.1. The van der Waals surface area contributed by atoms with Crippen LogP contribution in [-0.2, 0) is 10.0 Å². The van der Waals surface area contributed by atoms with E-state index < -0.39 is 10.0 Å². The van der Waals surface area contributed by atoms with Crippen molar-refractivity contribution in [2.45, 2.75) is 57.9 Å². The molecule has 1 unspecified atom stereocenters. The van der Waals surface area contributed by atoms with Gasteiger partial charge in [-0.1, -0.05) is 30.7 Å². The Bertz CT molecular complexity index is 1010. The van der Waals surface area contributed by atoms with Gasteiger partial charge in [-0.05, 0) is 74.9 Å². The second-order valence-corrected chi connectivity index (χ2v) is 9.89. The molecule has 6 heteroatoms. The number of sulfonamides is 1. The molecule has 1 aliphatic heterocycles. The highest BCUT2D eigenvalue weighted by atomic mass is 32.2. The maximum atomic E-state index is 13.1. The molecule has 0 spiro atoms. The average Bonchev–Trinajstić information content (AvgIpc) is 2.70. The van der Waals surface area contributed by atoms with E-state index in [1.165, 1.54) is 21.5 Å². The highest BCUT2D eigenvalue weighted by molar-refractivity contribution is 7.89. The number of piperidine rings is 1. The van der Waals surface area contributed by atoms with Crippen molar-refractivity contribution in [2.75, 3.05) is 13.1 Å². The second kappa shape index (κ2) is 8.67. The van der Waals surface area contributed by atoms with Crippen LogP contribution in [0.5, 0.6) is 0 Å². The van der Waals surface area contributed by atoms with Crippen molar-refractivity contribution < 1.29 is 13.2 Å². The average molecular weight is 415 g/mol. The molecule has 156 valence electrons. The van der Waals surface area contributed by atoms with Gasteiger partial charge in [-0.2, -0.15) is 4.31 Å². The van der Waals surface area contributed by atoms with Crippen LogP contribution in [0.15, 0.2) is 41.3 Å². The van der Waals surface area contributed by atoms with E-state index in [0.29, 0.717) is 24.2 Å².